The number of carbonyl (C=O) groups excluding carboxylic acids is 1. The molecule has 1 N–H and O–H groups in total. The van der Waals surface area contributed by atoms with Crippen LogP contribution in [-0.2, 0) is 23.3 Å². The van der Waals surface area contributed by atoms with Crippen molar-refractivity contribution in [1.82, 2.24) is 20.3 Å². The van der Waals surface area contributed by atoms with Crippen LogP contribution in [0.2, 0.25) is 0 Å². The molecule has 1 aliphatic rings. The van der Waals surface area contributed by atoms with E-state index in [-0.39, 0.29) is 12.5 Å². The Hall–Kier alpha value is -4.35. The van der Waals surface area contributed by atoms with Crippen LogP contribution < -0.4 is 10.2 Å². The van der Waals surface area contributed by atoms with E-state index in [9.17, 15) is 10.1 Å². The fourth-order valence-corrected chi connectivity index (χ4v) is 4.28. The van der Waals surface area contributed by atoms with Crippen molar-refractivity contribution in [2.75, 3.05) is 25.6 Å². The summed E-state index contributed by atoms with van der Waals surface area (Å²) in [6.07, 6.45) is 1.76. The predicted octanol–water partition coefficient (Wildman–Crippen LogP) is 4.00. The summed E-state index contributed by atoms with van der Waals surface area (Å²) in [5.41, 5.74) is 4.55. The Morgan fingerprint density at radius 3 is 2.78 bits per heavy atom. The minimum Gasteiger partial charge on any atom is -0.375 e. The van der Waals surface area contributed by atoms with Gasteiger partial charge in [0.2, 0.25) is 0 Å². The van der Waals surface area contributed by atoms with Crippen LogP contribution in [0, 0.1) is 11.3 Å². The van der Waals surface area contributed by atoms with Crippen LogP contribution in [0.4, 0.5) is 5.82 Å². The standard InChI is InChI=1S/C28H26N6O2/c1-28(16-29)17-36-15-20-8-7-18(11-22(20)28)27(35)31-14-21-12-25-19(13-30-21)9-10-24(32-25)23-5-4-6-26(33-23)34(2)3/h4-13H,14-15,17H2,1-3H3,(H,31,35)/t28-/m1/s1. The van der Waals surface area contributed by atoms with E-state index in [0.717, 1.165) is 39.2 Å². The Balaban J connectivity index is 1.35. The lowest BCUT2D eigenvalue weighted by atomic mass is 9.79. The highest BCUT2D eigenvalue weighted by molar-refractivity contribution is 5.94. The molecule has 0 bridgehead atoms. The second kappa shape index (κ2) is 9.36. The van der Waals surface area contributed by atoms with Crippen LogP contribution in [0.15, 0.2) is 60.8 Å². The summed E-state index contributed by atoms with van der Waals surface area (Å²) >= 11 is 0. The molecule has 1 amide bonds. The molecule has 180 valence electrons. The molecule has 0 fully saturated rings. The van der Waals surface area contributed by atoms with Gasteiger partial charge >= 0.3 is 0 Å². The first-order valence-corrected chi connectivity index (χ1v) is 11.7. The van der Waals surface area contributed by atoms with Crippen molar-refractivity contribution >= 4 is 22.6 Å². The average Bonchev–Trinajstić information content (AvgIpc) is 2.91. The third-order valence-corrected chi connectivity index (χ3v) is 6.38. The molecular weight excluding hydrogens is 452 g/mol. The quantitative estimate of drug-likeness (QED) is 0.462. The number of amides is 1. The molecular formula is C28H26N6O2. The van der Waals surface area contributed by atoms with E-state index < -0.39 is 5.41 Å². The van der Waals surface area contributed by atoms with Gasteiger partial charge in [-0.3, -0.25) is 9.78 Å². The number of nitrogens with one attached hydrogen (secondary N) is 1. The Bertz CT molecular complexity index is 1510. The zero-order valence-electron chi connectivity index (χ0n) is 20.4. The highest BCUT2D eigenvalue weighted by Gasteiger charge is 2.33. The van der Waals surface area contributed by atoms with Gasteiger partial charge in [-0.15, -0.1) is 0 Å². The van der Waals surface area contributed by atoms with E-state index in [1.807, 2.05) is 68.4 Å². The number of nitrogens with zero attached hydrogens (tertiary/aromatic N) is 5. The molecule has 0 aliphatic carbocycles. The van der Waals surface area contributed by atoms with Gasteiger partial charge in [0, 0.05) is 31.2 Å². The van der Waals surface area contributed by atoms with Gasteiger partial charge in [0.15, 0.2) is 0 Å². The van der Waals surface area contributed by atoms with Gasteiger partial charge in [-0.2, -0.15) is 5.26 Å². The van der Waals surface area contributed by atoms with Crippen molar-refractivity contribution in [2.24, 2.45) is 0 Å². The Morgan fingerprint density at radius 1 is 1.14 bits per heavy atom. The first-order valence-electron chi connectivity index (χ1n) is 11.7. The molecule has 1 aliphatic heterocycles. The van der Waals surface area contributed by atoms with Crippen molar-refractivity contribution in [2.45, 2.75) is 25.5 Å². The maximum absolute atomic E-state index is 12.9. The molecule has 4 heterocycles. The lowest BCUT2D eigenvalue weighted by Crippen LogP contribution is -2.33. The first kappa shape index (κ1) is 23.4. The van der Waals surface area contributed by atoms with E-state index in [1.54, 1.807) is 18.3 Å². The molecule has 0 saturated carbocycles. The van der Waals surface area contributed by atoms with Crippen LogP contribution in [0.5, 0.6) is 0 Å². The van der Waals surface area contributed by atoms with Crippen LogP contribution in [0.1, 0.15) is 34.1 Å². The van der Waals surface area contributed by atoms with Gasteiger partial charge in [0.05, 0.1) is 48.4 Å². The molecule has 1 atom stereocenters. The maximum Gasteiger partial charge on any atom is 0.251 e. The Kier molecular flexibility index (Phi) is 6.08. The lowest BCUT2D eigenvalue weighted by molar-refractivity contribution is 0.0757. The van der Waals surface area contributed by atoms with Gasteiger partial charge in [-0.25, -0.2) is 9.97 Å². The second-order valence-electron chi connectivity index (χ2n) is 9.33. The van der Waals surface area contributed by atoms with E-state index >= 15 is 0 Å². The van der Waals surface area contributed by atoms with Gasteiger partial charge < -0.3 is 15.0 Å². The van der Waals surface area contributed by atoms with Gasteiger partial charge in [-0.05, 0) is 60.5 Å². The number of aromatic nitrogens is 3. The van der Waals surface area contributed by atoms with Crippen molar-refractivity contribution in [3.05, 3.63) is 83.2 Å². The molecule has 0 spiro atoms. The number of anilines is 1. The highest BCUT2D eigenvalue weighted by atomic mass is 16.5. The fourth-order valence-electron chi connectivity index (χ4n) is 4.28. The van der Waals surface area contributed by atoms with Gasteiger partial charge in [0.25, 0.3) is 5.91 Å². The topological polar surface area (TPSA) is 104 Å². The summed E-state index contributed by atoms with van der Waals surface area (Å²) in [6, 6.07) is 19.4. The van der Waals surface area contributed by atoms with Crippen LogP contribution in [0.3, 0.4) is 0 Å². The molecule has 8 heteroatoms. The zero-order valence-corrected chi connectivity index (χ0v) is 20.4. The number of hydrogen-bond acceptors (Lipinski definition) is 7. The minimum atomic E-state index is -0.770. The van der Waals surface area contributed by atoms with Gasteiger partial charge in [-0.1, -0.05) is 12.1 Å². The molecule has 36 heavy (non-hydrogen) atoms. The van der Waals surface area contributed by atoms with Crippen LogP contribution in [0.25, 0.3) is 22.3 Å². The Labute approximate surface area is 209 Å². The number of pyridine rings is 3. The minimum absolute atomic E-state index is 0.224. The van der Waals surface area contributed by atoms with Crippen molar-refractivity contribution in [1.29, 1.82) is 5.26 Å². The summed E-state index contributed by atoms with van der Waals surface area (Å²) < 4.78 is 5.55. The number of fused-ring (bicyclic) bond motifs is 2. The van der Waals surface area contributed by atoms with E-state index in [1.165, 1.54) is 0 Å². The SMILES string of the molecule is CN(C)c1cccc(-c2ccc3cnc(CNC(=O)c4ccc5c(c4)[C@](C)(C#N)COC5)cc3n2)n1. The van der Waals surface area contributed by atoms with Crippen LogP contribution in [-0.4, -0.2) is 41.6 Å². The molecule has 0 radical (unpaired) electrons. The summed E-state index contributed by atoms with van der Waals surface area (Å²) in [7, 11) is 3.90. The maximum atomic E-state index is 12.9. The van der Waals surface area contributed by atoms with Crippen molar-refractivity contribution in [3.8, 4) is 17.5 Å². The number of ether oxygens (including phenoxy) is 1. The summed E-state index contributed by atoms with van der Waals surface area (Å²) in [5.74, 6) is 0.634. The zero-order chi connectivity index (χ0) is 25.3. The molecule has 5 rings (SSSR count). The first-order chi connectivity index (χ1) is 17.4. The number of carbonyl (C=O) groups is 1. The molecule has 0 saturated heterocycles. The van der Waals surface area contributed by atoms with Gasteiger partial charge in [0.1, 0.15) is 11.2 Å². The largest absolute Gasteiger partial charge is 0.375 e. The molecule has 4 aromatic rings. The lowest BCUT2D eigenvalue weighted by Gasteiger charge is -2.30. The smallest absolute Gasteiger partial charge is 0.251 e. The number of benzene rings is 1. The second-order valence-corrected chi connectivity index (χ2v) is 9.33. The molecule has 1 aromatic carbocycles. The summed E-state index contributed by atoms with van der Waals surface area (Å²) in [6.45, 7) is 2.84. The van der Waals surface area contributed by atoms with E-state index in [4.69, 9.17) is 9.72 Å². The molecule has 3 aromatic heterocycles. The van der Waals surface area contributed by atoms with E-state index in [2.05, 4.69) is 21.4 Å². The monoisotopic (exact) mass is 478 g/mol. The molecule has 0 unspecified atom stereocenters. The number of rotatable bonds is 5. The normalized spacial score (nSPS) is 16.7. The Morgan fingerprint density at radius 2 is 1.97 bits per heavy atom. The fraction of sp³-hybridized carbons (Fsp3) is 0.250. The highest BCUT2D eigenvalue weighted by Crippen LogP contribution is 2.32. The molecule has 8 nitrogen and oxygen atoms in total. The van der Waals surface area contributed by atoms with Crippen molar-refractivity contribution < 1.29 is 9.53 Å². The third kappa shape index (κ3) is 4.49. The number of hydrogen-bond donors (Lipinski definition) is 1. The number of nitriles is 1. The average molecular weight is 479 g/mol. The van der Waals surface area contributed by atoms with E-state index in [0.29, 0.717) is 24.5 Å². The van der Waals surface area contributed by atoms with Crippen LogP contribution >= 0.6 is 0 Å². The summed E-state index contributed by atoms with van der Waals surface area (Å²) in [4.78, 5) is 28.8. The third-order valence-electron chi connectivity index (χ3n) is 6.38. The predicted molar refractivity (Wildman–Crippen MR) is 137 cm³/mol. The summed E-state index contributed by atoms with van der Waals surface area (Å²) in [5, 5.41) is 13.5. The van der Waals surface area contributed by atoms with Crippen molar-refractivity contribution in [3.63, 3.8) is 0 Å².